The zero-order valence-electron chi connectivity index (χ0n) is 12.6. The van der Waals surface area contributed by atoms with Crippen LogP contribution in [-0.4, -0.2) is 30.8 Å². The molecule has 2 heterocycles. The van der Waals surface area contributed by atoms with Crippen LogP contribution in [-0.2, 0) is 27.6 Å². The number of hydrogen-bond donors (Lipinski definition) is 1. The molecule has 1 unspecified atom stereocenters. The summed E-state index contributed by atoms with van der Waals surface area (Å²) in [4.78, 5) is 16.5. The third-order valence-electron chi connectivity index (χ3n) is 3.84. The van der Waals surface area contributed by atoms with Gasteiger partial charge in [-0.2, -0.15) is 0 Å². The quantitative estimate of drug-likeness (QED) is 0.892. The van der Waals surface area contributed by atoms with Crippen molar-refractivity contribution in [2.45, 2.75) is 19.4 Å². The van der Waals surface area contributed by atoms with E-state index in [0.717, 1.165) is 17.1 Å². The summed E-state index contributed by atoms with van der Waals surface area (Å²) in [5.41, 5.74) is 2.02. The van der Waals surface area contributed by atoms with Crippen molar-refractivity contribution in [2.75, 3.05) is 11.5 Å². The highest BCUT2D eigenvalue weighted by Gasteiger charge is 2.32. The van der Waals surface area contributed by atoms with Crippen LogP contribution in [0.3, 0.4) is 0 Å². The summed E-state index contributed by atoms with van der Waals surface area (Å²) in [6.07, 6.45) is 1.20. The maximum atomic E-state index is 12.0. The fraction of sp³-hybridized carbons (Fsp3) is 0.375. The van der Waals surface area contributed by atoms with Gasteiger partial charge in [0.25, 0.3) is 0 Å². The van der Waals surface area contributed by atoms with Crippen LogP contribution >= 0.6 is 11.3 Å². The minimum Gasteiger partial charge on any atom is -0.350 e. The summed E-state index contributed by atoms with van der Waals surface area (Å²) in [6.45, 7) is 0.348. The Hall–Kier alpha value is -1.73. The van der Waals surface area contributed by atoms with Gasteiger partial charge in [-0.05, 0) is 12.0 Å². The van der Waals surface area contributed by atoms with Crippen LogP contribution in [0.15, 0.2) is 35.7 Å². The molecule has 23 heavy (non-hydrogen) atoms. The van der Waals surface area contributed by atoms with Gasteiger partial charge in [-0.1, -0.05) is 30.3 Å². The number of carbonyl (C=O) groups is 1. The van der Waals surface area contributed by atoms with Gasteiger partial charge >= 0.3 is 0 Å². The van der Waals surface area contributed by atoms with E-state index in [0.29, 0.717) is 13.0 Å². The van der Waals surface area contributed by atoms with E-state index < -0.39 is 15.8 Å². The summed E-state index contributed by atoms with van der Waals surface area (Å²) in [5.74, 6) is -0.524. The summed E-state index contributed by atoms with van der Waals surface area (Å²) < 4.78 is 22.8. The summed E-state index contributed by atoms with van der Waals surface area (Å²) in [7, 11) is -3.03. The average Bonchev–Trinajstić information content (AvgIpc) is 3.12. The molecule has 0 aliphatic carbocycles. The molecule has 3 rings (SSSR count). The Balaban J connectivity index is 1.52. The van der Waals surface area contributed by atoms with E-state index in [1.807, 2.05) is 23.6 Å². The first kappa shape index (κ1) is 16.1. The van der Waals surface area contributed by atoms with E-state index in [1.54, 1.807) is 11.3 Å². The first-order valence-corrected chi connectivity index (χ1v) is 10.2. The summed E-state index contributed by atoms with van der Waals surface area (Å²) in [6, 6.07) is 10.1. The molecular formula is C16H18N2O3S2. The number of amides is 1. The predicted octanol–water partition coefficient (Wildman–Crippen LogP) is 1.78. The van der Waals surface area contributed by atoms with Crippen LogP contribution in [0.5, 0.6) is 0 Å². The fourth-order valence-corrected chi connectivity index (χ4v) is 5.18. The van der Waals surface area contributed by atoms with E-state index in [2.05, 4.69) is 22.4 Å². The van der Waals surface area contributed by atoms with Crippen molar-refractivity contribution in [3.8, 4) is 0 Å². The number of sulfone groups is 1. The largest absolute Gasteiger partial charge is 0.350 e. The van der Waals surface area contributed by atoms with Crippen LogP contribution in [0.1, 0.15) is 22.7 Å². The highest BCUT2D eigenvalue weighted by molar-refractivity contribution is 7.91. The number of carbonyl (C=O) groups excluding carboxylic acids is 1. The van der Waals surface area contributed by atoms with Gasteiger partial charge in [0.15, 0.2) is 9.84 Å². The Morgan fingerprint density at radius 3 is 2.78 bits per heavy atom. The Morgan fingerprint density at radius 1 is 1.30 bits per heavy atom. The van der Waals surface area contributed by atoms with Gasteiger partial charge in [-0.25, -0.2) is 13.4 Å². The minimum absolute atomic E-state index is 0.0326. The highest BCUT2D eigenvalue weighted by Crippen LogP contribution is 2.19. The molecule has 0 radical (unpaired) electrons. The van der Waals surface area contributed by atoms with Crippen molar-refractivity contribution >= 4 is 27.1 Å². The topological polar surface area (TPSA) is 76.1 Å². The van der Waals surface area contributed by atoms with Crippen LogP contribution in [0, 0.1) is 5.92 Å². The Bertz CT molecular complexity index is 785. The molecule has 1 aromatic carbocycles. The molecule has 2 aromatic rings. The number of thiazole rings is 1. The molecular weight excluding hydrogens is 332 g/mol. The Labute approximate surface area is 139 Å². The van der Waals surface area contributed by atoms with Crippen LogP contribution in [0.4, 0.5) is 0 Å². The van der Waals surface area contributed by atoms with Crippen molar-refractivity contribution in [2.24, 2.45) is 5.92 Å². The molecule has 1 fully saturated rings. The van der Waals surface area contributed by atoms with Crippen molar-refractivity contribution < 1.29 is 13.2 Å². The molecule has 1 saturated heterocycles. The molecule has 1 amide bonds. The lowest BCUT2D eigenvalue weighted by Crippen LogP contribution is -2.31. The molecule has 5 nitrogen and oxygen atoms in total. The van der Waals surface area contributed by atoms with Gasteiger partial charge in [-0.15, -0.1) is 11.3 Å². The first-order valence-electron chi connectivity index (χ1n) is 7.47. The summed E-state index contributed by atoms with van der Waals surface area (Å²) in [5, 5.41) is 5.73. The maximum absolute atomic E-state index is 12.0. The molecule has 1 aromatic heterocycles. The standard InChI is InChI=1S/C16H18N2O3S2/c19-16(13-6-7-23(20,21)11-13)17-9-14-10-22-15(18-14)8-12-4-2-1-3-5-12/h1-5,10,13H,6-9,11H2,(H,17,19). The van der Waals surface area contributed by atoms with E-state index in [-0.39, 0.29) is 17.4 Å². The SMILES string of the molecule is O=C(NCc1csc(Cc2ccccc2)n1)C1CCS(=O)(=O)C1. The second-order valence-corrected chi connectivity index (χ2v) is 8.88. The number of nitrogens with one attached hydrogen (secondary N) is 1. The molecule has 1 aliphatic heterocycles. The third kappa shape index (κ3) is 4.39. The fourth-order valence-electron chi connectivity index (χ4n) is 2.61. The van der Waals surface area contributed by atoms with E-state index in [4.69, 9.17) is 0 Å². The van der Waals surface area contributed by atoms with E-state index in [9.17, 15) is 13.2 Å². The average molecular weight is 350 g/mol. The van der Waals surface area contributed by atoms with Crippen molar-refractivity contribution in [3.63, 3.8) is 0 Å². The number of aromatic nitrogens is 1. The molecule has 0 bridgehead atoms. The number of nitrogens with zero attached hydrogens (tertiary/aromatic N) is 1. The Kier molecular flexibility index (Phi) is 4.77. The third-order valence-corrected chi connectivity index (χ3v) is 6.51. The van der Waals surface area contributed by atoms with Crippen molar-refractivity contribution in [1.82, 2.24) is 10.3 Å². The minimum atomic E-state index is -3.03. The molecule has 0 saturated carbocycles. The normalized spacial score (nSPS) is 19.6. The van der Waals surface area contributed by atoms with Crippen molar-refractivity contribution in [1.29, 1.82) is 0 Å². The highest BCUT2D eigenvalue weighted by atomic mass is 32.2. The number of hydrogen-bond acceptors (Lipinski definition) is 5. The van der Waals surface area contributed by atoms with Gasteiger partial charge in [0.05, 0.1) is 34.7 Å². The summed E-state index contributed by atoms with van der Waals surface area (Å²) >= 11 is 1.57. The molecule has 1 atom stereocenters. The van der Waals surface area contributed by atoms with Gasteiger partial charge in [0, 0.05) is 11.8 Å². The molecule has 0 spiro atoms. The molecule has 1 aliphatic rings. The predicted molar refractivity (Wildman–Crippen MR) is 90.0 cm³/mol. The van der Waals surface area contributed by atoms with Gasteiger partial charge in [0.2, 0.25) is 5.91 Å². The van der Waals surface area contributed by atoms with Gasteiger partial charge in [0.1, 0.15) is 0 Å². The second kappa shape index (κ2) is 6.80. The molecule has 122 valence electrons. The molecule has 7 heteroatoms. The monoisotopic (exact) mass is 350 g/mol. The lowest BCUT2D eigenvalue weighted by molar-refractivity contribution is -0.124. The Morgan fingerprint density at radius 2 is 2.09 bits per heavy atom. The van der Waals surface area contributed by atoms with Crippen molar-refractivity contribution in [3.05, 3.63) is 52.0 Å². The number of benzene rings is 1. The first-order chi connectivity index (χ1) is 11.0. The van der Waals surface area contributed by atoms with Crippen LogP contribution in [0.25, 0.3) is 0 Å². The molecule has 1 N–H and O–H groups in total. The zero-order valence-corrected chi connectivity index (χ0v) is 14.2. The maximum Gasteiger partial charge on any atom is 0.224 e. The van der Waals surface area contributed by atoms with E-state index >= 15 is 0 Å². The van der Waals surface area contributed by atoms with E-state index in [1.165, 1.54) is 5.56 Å². The van der Waals surface area contributed by atoms with Gasteiger partial charge in [-0.3, -0.25) is 4.79 Å². The van der Waals surface area contributed by atoms with Crippen LogP contribution < -0.4 is 5.32 Å². The lowest BCUT2D eigenvalue weighted by atomic mass is 10.1. The lowest BCUT2D eigenvalue weighted by Gasteiger charge is -2.07. The van der Waals surface area contributed by atoms with Gasteiger partial charge < -0.3 is 5.32 Å². The number of rotatable bonds is 5. The zero-order chi connectivity index (χ0) is 16.3. The smallest absolute Gasteiger partial charge is 0.224 e. The van der Waals surface area contributed by atoms with Crippen LogP contribution in [0.2, 0.25) is 0 Å². The second-order valence-electron chi connectivity index (χ2n) is 5.71.